The molecule has 2 rings (SSSR count). The van der Waals surface area contributed by atoms with Gasteiger partial charge in [-0.1, -0.05) is 11.3 Å². The molecule has 0 saturated carbocycles. The van der Waals surface area contributed by atoms with Crippen molar-refractivity contribution in [1.29, 1.82) is 0 Å². The van der Waals surface area contributed by atoms with Crippen molar-refractivity contribution in [2.75, 3.05) is 32.5 Å². The number of nitrogens with two attached hydrogens (primary N) is 1. The van der Waals surface area contributed by atoms with Crippen LogP contribution in [0.4, 0.5) is 5.13 Å². The number of thiazole rings is 1. The van der Waals surface area contributed by atoms with Crippen molar-refractivity contribution >= 4 is 38.5 Å². The summed E-state index contributed by atoms with van der Waals surface area (Å²) in [7, 11) is 1.55. The lowest BCUT2D eigenvalue weighted by molar-refractivity contribution is -0.120. The molecule has 7 nitrogen and oxygen atoms in total. The normalized spacial score (nSPS) is 10.5. The molecule has 1 aromatic heterocycles. The van der Waals surface area contributed by atoms with Crippen LogP contribution in [0.25, 0.3) is 10.2 Å². The zero-order valence-electron chi connectivity index (χ0n) is 11.5. The minimum absolute atomic E-state index is 0.0780. The number of carbonyl (C=O) groups excluding carboxylic acids is 2. The zero-order valence-corrected chi connectivity index (χ0v) is 12.3. The first-order valence-corrected chi connectivity index (χ1v) is 7.11. The van der Waals surface area contributed by atoms with Crippen LogP contribution in [0.2, 0.25) is 0 Å². The van der Waals surface area contributed by atoms with Crippen molar-refractivity contribution in [3.63, 3.8) is 0 Å². The molecule has 0 bridgehead atoms. The number of hydrogen-bond acceptors (Lipinski definition) is 6. The maximum absolute atomic E-state index is 12.0. The molecular formula is C13H16N4O3S. The summed E-state index contributed by atoms with van der Waals surface area (Å²) in [5.74, 6) is -0.575. The number of carbonyl (C=O) groups is 2. The number of anilines is 1. The molecule has 0 spiro atoms. The number of fused-ring (bicyclic) bond motifs is 1. The van der Waals surface area contributed by atoms with Crippen LogP contribution in [0.3, 0.4) is 0 Å². The zero-order chi connectivity index (χ0) is 15.2. The van der Waals surface area contributed by atoms with E-state index < -0.39 is 0 Å². The first kappa shape index (κ1) is 15.2. The van der Waals surface area contributed by atoms with Gasteiger partial charge in [0.25, 0.3) is 5.91 Å². The third-order valence-corrected chi connectivity index (χ3v) is 3.55. The summed E-state index contributed by atoms with van der Waals surface area (Å²) in [6.45, 7) is 0.770. The maximum atomic E-state index is 12.0. The second kappa shape index (κ2) is 7.00. The second-order valence-corrected chi connectivity index (χ2v) is 5.32. The largest absolute Gasteiger partial charge is 0.383 e. The van der Waals surface area contributed by atoms with Crippen LogP contribution < -0.4 is 16.4 Å². The molecule has 1 heterocycles. The molecule has 0 unspecified atom stereocenters. The Kier molecular flexibility index (Phi) is 5.07. The van der Waals surface area contributed by atoms with Gasteiger partial charge in [0.1, 0.15) is 0 Å². The number of rotatable bonds is 6. The van der Waals surface area contributed by atoms with Gasteiger partial charge in [0.05, 0.1) is 23.4 Å². The molecule has 2 aromatic rings. The van der Waals surface area contributed by atoms with Gasteiger partial charge < -0.3 is 21.1 Å². The molecule has 1 aromatic carbocycles. The van der Waals surface area contributed by atoms with Crippen LogP contribution in [-0.2, 0) is 9.53 Å². The number of aromatic nitrogens is 1. The lowest BCUT2D eigenvalue weighted by Gasteiger charge is -2.06. The van der Waals surface area contributed by atoms with E-state index in [9.17, 15) is 9.59 Å². The smallest absolute Gasteiger partial charge is 0.251 e. The molecule has 0 aliphatic heterocycles. The molecule has 0 aliphatic rings. The van der Waals surface area contributed by atoms with Crippen molar-refractivity contribution in [2.24, 2.45) is 0 Å². The topological polar surface area (TPSA) is 106 Å². The molecule has 21 heavy (non-hydrogen) atoms. The fourth-order valence-corrected chi connectivity index (χ4v) is 2.47. The van der Waals surface area contributed by atoms with E-state index in [1.54, 1.807) is 25.3 Å². The van der Waals surface area contributed by atoms with Gasteiger partial charge in [-0.3, -0.25) is 9.59 Å². The lowest BCUT2D eigenvalue weighted by Crippen LogP contribution is -2.38. The van der Waals surface area contributed by atoms with Crippen LogP contribution in [-0.4, -0.2) is 43.6 Å². The highest BCUT2D eigenvalue weighted by atomic mass is 32.1. The second-order valence-electron chi connectivity index (χ2n) is 4.26. The molecule has 0 aliphatic carbocycles. The molecular weight excluding hydrogens is 292 g/mol. The first-order valence-electron chi connectivity index (χ1n) is 6.30. The van der Waals surface area contributed by atoms with Gasteiger partial charge in [-0.2, -0.15) is 0 Å². The first-order chi connectivity index (χ1) is 10.1. The van der Waals surface area contributed by atoms with Crippen LogP contribution in [0.1, 0.15) is 10.4 Å². The Hall–Kier alpha value is -2.19. The number of amides is 2. The molecule has 0 fully saturated rings. The van der Waals surface area contributed by atoms with E-state index in [-0.39, 0.29) is 18.4 Å². The van der Waals surface area contributed by atoms with Gasteiger partial charge in [0, 0.05) is 19.2 Å². The molecule has 0 radical (unpaired) electrons. The molecule has 8 heteroatoms. The predicted molar refractivity (Wildman–Crippen MR) is 81.3 cm³/mol. The van der Waals surface area contributed by atoms with Crippen molar-refractivity contribution in [3.8, 4) is 0 Å². The van der Waals surface area contributed by atoms with E-state index in [2.05, 4.69) is 15.6 Å². The monoisotopic (exact) mass is 308 g/mol. The summed E-state index contributed by atoms with van der Waals surface area (Å²) in [6, 6.07) is 5.09. The van der Waals surface area contributed by atoms with Gasteiger partial charge in [-0.15, -0.1) is 0 Å². The van der Waals surface area contributed by atoms with Crippen molar-refractivity contribution < 1.29 is 14.3 Å². The lowest BCUT2D eigenvalue weighted by atomic mass is 10.2. The molecule has 2 amide bonds. The van der Waals surface area contributed by atoms with E-state index in [4.69, 9.17) is 10.5 Å². The van der Waals surface area contributed by atoms with Gasteiger partial charge in [-0.05, 0) is 18.2 Å². The highest BCUT2D eigenvalue weighted by Gasteiger charge is 2.10. The molecule has 4 N–H and O–H groups in total. The van der Waals surface area contributed by atoms with Gasteiger partial charge in [-0.25, -0.2) is 4.98 Å². The molecule has 112 valence electrons. The summed E-state index contributed by atoms with van der Waals surface area (Å²) in [4.78, 5) is 27.5. The minimum Gasteiger partial charge on any atom is -0.383 e. The Morgan fingerprint density at radius 3 is 2.95 bits per heavy atom. The number of benzene rings is 1. The average Bonchev–Trinajstić information content (AvgIpc) is 2.84. The van der Waals surface area contributed by atoms with Crippen LogP contribution in [0.5, 0.6) is 0 Å². The van der Waals surface area contributed by atoms with Crippen molar-refractivity contribution in [3.05, 3.63) is 23.8 Å². The Labute approximate surface area is 125 Å². The van der Waals surface area contributed by atoms with E-state index in [1.807, 2.05) is 0 Å². The SMILES string of the molecule is COCCNC(=O)CNC(=O)c1ccc2nc(N)sc2c1. The van der Waals surface area contributed by atoms with E-state index in [0.717, 1.165) is 10.2 Å². The highest BCUT2D eigenvalue weighted by molar-refractivity contribution is 7.22. The van der Waals surface area contributed by atoms with Crippen LogP contribution >= 0.6 is 11.3 Å². The fourth-order valence-electron chi connectivity index (χ4n) is 1.70. The number of methoxy groups -OCH3 is 1. The summed E-state index contributed by atoms with van der Waals surface area (Å²) >= 11 is 1.32. The number of nitrogens with one attached hydrogen (secondary N) is 2. The van der Waals surface area contributed by atoms with Gasteiger partial charge >= 0.3 is 0 Å². The third-order valence-electron chi connectivity index (χ3n) is 2.71. The van der Waals surface area contributed by atoms with E-state index in [0.29, 0.717) is 23.8 Å². The highest BCUT2D eigenvalue weighted by Crippen LogP contribution is 2.24. The molecule has 0 atom stereocenters. The number of ether oxygens (including phenoxy) is 1. The summed E-state index contributed by atoms with van der Waals surface area (Å²) in [6.07, 6.45) is 0. The van der Waals surface area contributed by atoms with Crippen LogP contribution in [0, 0.1) is 0 Å². The number of nitrogens with zero attached hydrogens (tertiary/aromatic N) is 1. The Bertz CT molecular complexity index is 656. The summed E-state index contributed by atoms with van der Waals surface area (Å²) in [5, 5.41) is 5.64. The third kappa shape index (κ3) is 4.14. The predicted octanol–water partition coefficient (Wildman–Crippen LogP) is 0.371. The number of hydrogen-bond donors (Lipinski definition) is 3. The van der Waals surface area contributed by atoms with E-state index in [1.165, 1.54) is 11.3 Å². The van der Waals surface area contributed by atoms with Crippen LogP contribution in [0.15, 0.2) is 18.2 Å². The van der Waals surface area contributed by atoms with Crippen molar-refractivity contribution in [1.82, 2.24) is 15.6 Å². The Morgan fingerprint density at radius 1 is 1.38 bits per heavy atom. The van der Waals surface area contributed by atoms with Gasteiger partial charge in [0.15, 0.2) is 5.13 Å². The minimum atomic E-state index is -0.314. The quantitative estimate of drug-likeness (QED) is 0.669. The summed E-state index contributed by atoms with van der Waals surface area (Å²) in [5.41, 5.74) is 6.84. The van der Waals surface area contributed by atoms with Crippen molar-refractivity contribution in [2.45, 2.75) is 0 Å². The summed E-state index contributed by atoms with van der Waals surface area (Å²) < 4.78 is 5.65. The van der Waals surface area contributed by atoms with E-state index >= 15 is 0 Å². The Morgan fingerprint density at radius 2 is 2.19 bits per heavy atom. The number of nitrogen functional groups attached to an aromatic ring is 1. The Balaban J connectivity index is 1.91. The van der Waals surface area contributed by atoms with Gasteiger partial charge in [0.2, 0.25) is 5.91 Å². The fraction of sp³-hybridized carbons (Fsp3) is 0.308. The average molecular weight is 308 g/mol. The maximum Gasteiger partial charge on any atom is 0.251 e. The standard InChI is InChI=1S/C13H16N4O3S/c1-20-5-4-15-11(18)7-16-12(19)8-2-3-9-10(6-8)21-13(14)17-9/h2-3,6H,4-5,7H2,1H3,(H2,14,17)(H,15,18)(H,16,19). The molecule has 0 saturated heterocycles.